The van der Waals surface area contributed by atoms with Crippen molar-refractivity contribution in [2.45, 2.75) is 41.5 Å². The van der Waals surface area contributed by atoms with Gasteiger partial charge in [0.2, 0.25) is 5.91 Å². The van der Waals surface area contributed by atoms with Gasteiger partial charge in [0.1, 0.15) is 0 Å². The van der Waals surface area contributed by atoms with E-state index in [0.717, 1.165) is 6.54 Å². The molecule has 74 valence electrons. The molecule has 0 bridgehead atoms. The molecule has 1 N–H and O–H groups in total. The topological polar surface area (TPSA) is 29.1 Å². The van der Waals surface area contributed by atoms with Crippen LogP contribution in [0.4, 0.5) is 0 Å². The molecular formula is C10H23NO. The minimum atomic E-state index is -0.273. The molecule has 0 aromatic carbocycles. The van der Waals surface area contributed by atoms with Crippen LogP contribution >= 0.6 is 0 Å². The van der Waals surface area contributed by atoms with Crippen molar-refractivity contribution in [3.05, 3.63) is 0 Å². The zero-order chi connectivity index (χ0) is 9.99. The van der Waals surface area contributed by atoms with E-state index in [1.807, 2.05) is 20.8 Å². The van der Waals surface area contributed by atoms with E-state index in [0.29, 0.717) is 0 Å². The highest BCUT2D eigenvalue weighted by atomic mass is 16.2. The van der Waals surface area contributed by atoms with Crippen LogP contribution in [-0.4, -0.2) is 12.5 Å². The molecule has 0 heterocycles. The summed E-state index contributed by atoms with van der Waals surface area (Å²) in [4.78, 5) is 11.4. The second kappa shape index (κ2) is 3.46. The van der Waals surface area contributed by atoms with Gasteiger partial charge in [0, 0.05) is 13.4 Å². The van der Waals surface area contributed by atoms with Gasteiger partial charge in [-0.25, -0.2) is 0 Å². The number of rotatable bonds is 1. The Morgan fingerprint density at radius 2 is 1.58 bits per heavy atom. The normalized spacial score (nSPS) is 12.8. The lowest BCUT2D eigenvalue weighted by Gasteiger charge is -2.23. The summed E-state index contributed by atoms with van der Waals surface area (Å²) in [5, 5.41) is 2.92. The van der Waals surface area contributed by atoms with Gasteiger partial charge in [-0.2, -0.15) is 0 Å². The van der Waals surface area contributed by atoms with Crippen molar-refractivity contribution in [3.63, 3.8) is 0 Å². The van der Waals surface area contributed by atoms with E-state index in [2.05, 4.69) is 26.1 Å². The van der Waals surface area contributed by atoms with Crippen molar-refractivity contribution < 1.29 is 6.22 Å². The van der Waals surface area contributed by atoms with Crippen LogP contribution in [0.3, 0.4) is 0 Å². The van der Waals surface area contributed by atoms with Crippen molar-refractivity contribution in [1.82, 2.24) is 5.32 Å². The van der Waals surface area contributed by atoms with E-state index >= 15 is 0 Å². The Morgan fingerprint density at radius 3 is 1.83 bits per heavy atom. The third-order valence-electron chi connectivity index (χ3n) is 1.46. The second-order valence-electron chi connectivity index (χ2n) is 5.49. The molecule has 0 aromatic rings. The average molecular weight is 173 g/mol. The lowest BCUT2D eigenvalue weighted by molar-refractivity contribution is -0.128. The van der Waals surface area contributed by atoms with Gasteiger partial charge in [0.15, 0.2) is 0 Å². The smallest absolute Gasteiger partial charge is 0.225 e. The molecule has 0 aliphatic heterocycles. The van der Waals surface area contributed by atoms with Crippen LogP contribution in [0, 0.1) is 10.8 Å². The molecule has 0 atom stereocenters. The van der Waals surface area contributed by atoms with Crippen LogP contribution in [0.5, 0.6) is 0 Å². The lowest BCUT2D eigenvalue weighted by Crippen LogP contribution is -2.39. The average Bonchev–Trinajstić information content (AvgIpc) is 1.78. The highest BCUT2D eigenvalue weighted by molar-refractivity contribution is 5.81. The zero-order valence-corrected chi connectivity index (χ0v) is 9.12. The van der Waals surface area contributed by atoms with Gasteiger partial charge in [-0.15, -0.1) is 0 Å². The van der Waals surface area contributed by atoms with E-state index in [1.54, 1.807) is 0 Å². The maximum Gasteiger partial charge on any atom is 0.225 e. The molecule has 1 amide bonds. The number of hydrogen-bond acceptors (Lipinski definition) is 1. The number of nitrogens with one attached hydrogen (secondary N) is 1. The van der Waals surface area contributed by atoms with E-state index in [4.69, 9.17) is 0 Å². The zero-order valence-electron chi connectivity index (χ0n) is 9.12. The van der Waals surface area contributed by atoms with Crippen molar-refractivity contribution in [2.75, 3.05) is 6.54 Å². The van der Waals surface area contributed by atoms with Gasteiger partial charge in [-0.3, -0.25) is 4.79 Å². The molecule has 0 unspecified atom stereocenters. The Bertz CT molecular complexity index is 165. The number of amides is 1. The highest BCUT2D eigenvalue weighted by Gasteiger charge is 2.22. The maximum atomic E-state index is 11.4. The molecule has 2 nitrogen and oxygen atoms in total. The largest absolute Gasteiger partial charge is 0.355 e. The molecular weight excluding hydrogens is 150 g/mol. The van der Waals surface area contributed by atoms with Crippen LogP contribution in [-0.2, 0) is 4.79 Å². The van der Waals surface area contributed by atoms with Gasteiger partial charge in [0.05, 0.1) is 0 Å². The minimum Gasteiger partial charge on any atom is -0.355 e. The van der Waals surface area contributed by atoms with Crippen LogP contribution in [0.15, 0.2) is 0 Å². The quantitative estimate of drug-likeness (QED) is 0.648. The summed E-state index contributed by atoms with van der Waals surface area (Å²) in [6.45, 7) is 12.8. The summed E-state index contributed by atoms with van der Waals surface area (Å²) < 4.78 is 0. The van der Waals surface area contributed by atoms with Crippen LogP contribution in [0.25, 0.3) is 0 Å². The minimum absolute atomic E-state index is 0. The monoisotopic (exact) mass is 173 g/mol. The molecule has 0 rings (SSSR count). The predicted molar refractivity (Wildman–Crippen MR) is 54.0 cm³/mol. The molecule has 12 heavy (non-hydrogen) atoms. The van der Waals surface area contributed by atoms with E-state index < -0.39 is 0 Å². The molecule has 0 aliphatic rings. The number of hydrogen-bond donors (Lipinski definition) is 1. The van der Waals surface area contributed by atoms with Gasteiger partial charge < -0.3 is 5.32 Å². The van der Waals surface area contributed by atoms with Gasteiger partial charge in [0.25, 0.3) is 0 Å². The van der Waals surface area contributed by atoms with Crippen molar-refractivity contribution in [2.24, 2.45) is 10.8 Å². The van der Waals surface area contributed by atoms with Gasteiger partial charge in [-0.05, 0) is 5.41 Å². The predicted octanol–water partition coefficient (Wildman–Crippen LogP) is 2.44. The Kier molecular flexibility index (Phi) is 3.31. The standard InChI is InChI=1S/C10H21NO.H2/c1-9(2,3)7-11-8(12)10(4,5)6;/h7H2,1-6H3,(H,11,12);1H. The van der Waals surface area contributed by atoms with Crippen molar-refractivity contribution in [1.29, 1.82) is 0 Å². The fourth-order valence-electron chi connectivity index (χ4n) is 0.611. The van der Waals surface area contributed by atoms with Crippen molar-refractivity contribution >= 4 is 5.91 Å². The molecule has 0 aliphatic carbocycles. The SMILES string of the molecule is CC(C)(C)CNC(=O)C(C)(C)C.[HH]. The maximum absolute atomic E-state index is 11.4. The van der Waals surface area contributed by atoms with Crippen LogP contribution in [0.1, 0.15) is 43.0 Å². The van der Waals surface area contributed by atoms with Crippen LogP contribution < -0.4 is 5.32 Å². The molecule has 0 radical (unpaired) electrons. The Hall–Kier alpha value is -0.530. The van der Waals surface area contributed by atoms with Gasteiger partial charge >= 0.3 is 0 Å². The fourth-order valence-corrected chi connectivity index (χ4v) is 0.611. The molecule has 0 spiro atoms. The molecule has 0 saturated heterocycles. The summed E-state index contributed by atoms with van der Waals surface area (Å²) in [7, 11) is 0. The van der Waals surface area contributed by atoms with Crippen LogP contribution in [0.2, 0.25) is 0 Å². The first-order valence-corrected chi connectivity index (χ1v) is 4.41. The Labute approximate surface area is 77.2 Å². The Morgan fingerprint density at radius 1 is 1.17 bits per heavy atom. The fraction of sp³-hybridized carbons (Fsp3) is 0.900. The van der Waals surface area contributed by atoms with E-state index in [-0.39, 0.29) is 18.2 Å². The first kappa shape index (κ1) is 11.5. The number of carbonyl (C=O) groups excluding carboxylic acids is 1. The third-order valence-corrected chi connectivity index (χ3v) is 1.46. The van der Waals surface area contributed by atoms with E-state index in [1.165, 1.54) is 0 Å². The second-order valence-corrected chi connectivity index (χ2v) is 5.49. The Balaban J connectivity index is 0. The third kappa shape index (κ3) is 5.16. The summed E-state index contributed by atoms with van der Waals surface area (Å²) in [5.74, 6) is 0.123. The molecule has 0 saturated carbocycles. The summed E-state index contributed by atoms with van der Waals surface area (Å²) in [6, 6.07) is 0. The first-order chi connectivity index (χ1) is 5.13. The number of carbonyl (C=O) groups is 1. The van der Waals surface area contributed by atoms with Crippen molar-refractivity contribution in [3.8, 4) is 0 Å². The molecule has 0 aromatic heterocycles. The highest BCUT2D eigenvalue weighted by Crippen LogP contribution is 2.15. The summed E-state index contributed by atoms with van der Waals surface area (Å²) in [6.07, 6.45) is 0. The summed E-state index contributed by atoms with van der Waals surface area (Å²) in [5.41, 5.74) is -0.105. The lowest BCUT2D eigenvalue weighted by atomic mass is 9.93. The first-order valence-electron chi connectivity index (χ1n) is 4.41. The molecule has 0 fully saturated rings. The van der Waals surface area contributed by atoms with Gasteiger partial charge in [-0.1, -0.05) is 41.5 Å². The summed E-state index contributed by atoms with van der Waals surface area (Å²) >= 11 is 0. The van der Waals surface area contributed by atoms with E-state index in [9.17, 15) is 4.79 Å². The molecule has 2 heteroatoms.